The molecule has 0 spiro atoms. The van der Waals surface area contributed by atoms with E-state index in [0.29, 0.717) is 16.5 Å². The molecule has 0 aliphatic carbocycles. The van der Waals surface area contributed by atoms with Gasteiger partial charge in [-0.05, 0) is 40.9 Å². The molecule has 2 aromatic rings. The van der Waals surface area contributed by atoms with E-state index in [-0.39, 0.29) is 11.1 Å². The zero-order chi connectivity index (χ0) is 16.3. The van der Waals surface area contributed by atoms with Crippen molar-refractivity contribution in [2.24, 2.45) is 0 Å². The fourth-order valence-electron chi connectivity index (χ4n) is 2.37. The highest BCUT2D eigenvalue weighted by molar-refractivity contribution is 9.10. The number of aliphatic hydroxyl groups is 1. The highest BCUT2D eigenvalue weighted by Crippen LogP contribution is 2.36. The SMILES string of the molecule is C=CCc1c(Br)cncc1C(C)(O)c1cccc(C#N)c1F. The van der Waals surface area contributed by atoms with E-state index >= 15 is 0 Å². The average Bonchev–Trinajstić information content (AvgIpc) is 2.49. The van der Waals surface area contributed by atoms with Gasteiger partial charge in [0, 0.05) is 28.0 Å². The molecule has 1 N–H and O–H groups in total. The number of benzene rings is 1. The Morgan fingerprint density at radius 2 is 2.18 bits per heavy atom. The Morgan fingerprint density at radius 1 is 1.45 bits per heavy atom. The smallest absolute Gasteiger partial charge is 0.147 e. The number of halogens is 2. The molecule has 1 unspecified atom stereocenters. The number of allylic oxidation sites excluding steroid dienone is 1. The Kier molecular flexibility index (Phi) is 4.74. The first-order valence-electron chi connectivity index (χ1n) is 6.58. The number of hydrogen-bond donors (Lipinski definition) is 1. The van der Waals surface area contributed by atoms with Crippen LogP contribution in [0.5, 0.6) is 0 Å². The van der Waals surface area contributed by atoms with E-state index in [2.05, 4.69) is 27.5 Å². The van der Waals surface area contributed by atoms with Gasteiger partial charge in [0.15, 0.2) is 0 Å². The maximum absolute atomic E-state index is 14.4. The van der Waals surface area contributed by atoms with Crippen LogP contribution in [0.3, 0.4) is 0 Å². The Balaban J connectivity index is 2.69. The predicted molar refractivity (Wildman–Crippen MR) is 85.6 cm³/mol. The van der Waals surface area contributed by atoms with E-state index in [9.17, 15) is 9.50 Å². The van der Waals surface area contributed by atoms with Gasteiger partial charge < -0.3 is 5.11 Å². The van der Waals surface area contributed by atoms with Gasteiger partial charge in [-0.1, -0.05) is 18.2 Å². The Bertz CT molecular complexity index is 766. The van der Waals surface area contributed by atoms with Gasteiger partial charge in [-0.3, -0.25) is 4.98 Å². The first-order chi connectivity index (χ1) is 10.4. The first kappa shape index (κ1) is 16.3. The summed E-state index contributed by atoms with van der Waals surface area (Å²) in [6.45, 7) is 5.19. The third-order valence-corrected chi connectivity index (χ3v) is 4.20. The minimum absolute atomic E-state index is 0.0387. The summed E-state index contributed by atoms with van der Waals surface area (Å²) in [6.07, 6.45) is 5.30. The lowest BCUT2D eigenvalue weighted by atomic mass is 9.84. The van der Waals surface area contributed by atoms with Crippen LogP contribution in [0.15, 0.2) is 47.7 Å². The third-order valence-electron chi connectivity index (χ3n) is 3.52. The van der Waals surface area contributed by atoms with Gasteiger partial charge in [-0.2, -0.15) is 5.26 Å². The van der Waals surface area contributed by atoms with E-state index in [1.807, 2.05) is 0 Å². The highest BCUT2D eigenvalue weighted by Gasteiger charge is 2.32. The second-order valence-electron chi connectivity index (χ2n) is 4.99. The van der Waals surface area contributed by atoms with Crippen molar-refractivity contribution in [2.45, 2.75) is 18.9 Å². The number of hydrogen-bond acceptors (Lipinski definition) is 3. The molecule has 1 heterocycles. The van der Waals surface area contributed by atoms with Crippen molar-refractivity contribution in [1.29, 1.82) is 5.26 Å². The number of pyridine rings is 1. The second-order valence-corrected chi connectivity index (χ2v) is 5.85. The standard InChI is InChI=1S/C17H14BrFN2O/c1-3-5-12-14(9-21-10-15(12)18)17(2,22)13-7-4-6-11(8-20)16(13)19/h3-4,6-7,9-10,22H,1,5H2,2H3. The molecule has 5 heteroatoms. The Morgan fingerprint density at radius 3 is 2.82 bits per heavy atom. The van der Waals surface area contributed by atoms with E-state index in [1.54, 1.807) is 24.4 Å². The molecular weight excluding hydrogens is 347 g/mol. The number of rotatable bonds is 4. The lowest BCUT2D eigenvalue weighted by Crippen LogP contribution is -2.26. The zero-order valence-electron chi connectivity index (χ0n) is 12.0. The van der Waals surface area contributed by atoms with Gasteiger partial charge >= 0.3 is 0 Å². The van der Waals surface area contributed by atoms with Crippen LogP contribution in [-0.4, -0.2) is 10.1 Å². The Labute approximate surface area is 136 Å². The molecule has 0 saturated heterocycles. The van der Waals surface area contributed by atoms with Crippen LogP contribution in [0, 0.1) is 17.1 Å². The second kappa shape index (κ2) is 6.39. The van der Waals surface area contributed by atoms with Crippen molar-refractivity contribution in [2.75, 3.05) is 0 Å². The average molecular weight is 361 g/mol. The normalized spacial score (nSPS) is 13.2. The predicted octanol–water partition coefficient (Wildman–Crippen LogP) is 3.84. The summed E-state index contributed by atoms with van der Waals surface area (Å²) in [5, 5.41) is 19.9. The molecule has 0 aliphatic rings. The van der Waals surface area contributed by atoms with Gasteiger partial charge in [0.25, 0.3) is 0 Å². The molecule has 1 aromatic carbocycles. The molecular formula is C17H14BrFN2O. The summed E-state index contributed by atoms with van der Waals surface area (Å²) in [5.74, 6) is -0.723. The lowest BCUT2D eigenvalue weighted by molar-refractivity contribution is 0.0965. The molecule has 1 atom stereocenters. The van der Waals surface area contributed by atoms with Gasteiger partial charge in [0.1, 0.15) is 17.5 Å². The van der Waals surface area contributed by atoms with Crippen molar-refractivity contribution in [3.63, 3.8) is 0 Å². The van der Waals surface area contributed by atoms with E-state index in [1.165, 1.54) is 25.3 Å². The summed E-state index contributed by atoms with van der Waals surface area (Å²) in [5.41, 5.74) is -0.443. The summed E-state index contributed by atoms with van der Waals surface area (Å²) in [4.78, 5) is 4.06. The summed E-state index contributed by atoms with van der Waals surface area (Å²) in [7, 11) is 0. The van der Waals surface area contributed by atoms with Crippen LogP contribution in [0.2, 0.25) is 0 Å². The van der Waals surface area contributed by atoms with Crippen LogP contribution in [0.25, 0.3) is 0 Å². The maximum atomic E-state index is 14.4. The molecule has 1 aromatic heterocycles. The topological polar surface area (TPSA) is 56.9 Å². The summed E-state index contributed by atoms with van der Waals surface area (Å²) in [6, 6.07) is 6.17. The van der Waals surface area contributed by atoms with Crippen LogP contribution in [-0.2, 0) is 12.0 Å². The third kappa shape index (κ3) is 2.80. The first-order valence-corrected chi connectivity index (χ1v) is 7.38. The largest absolute Gasteiger partial charge is 0.381 e. The summed E-state index contributed by atoms with van der Waals surface area (Å²) < 4.78 is 15.1. The van der Waals surface area contributed by atoms with E-state index in [4.69, 9.17) is 5.26 Å². The fourth-order valence-corrected chi connectivity index (χ4v) is 2.87. The quantitative estimate of drug-likeness (QED) is 0.842. The van der Waals surface area contributed by atoms with Crippen LogP contribution in [0.1, 0.15) is 29.2 Å². The van der Waals surface area contributed by atoms with Gasteiger partial charge in [-0.15, -0.1) is 6.58 Å². The zero-order valence-corrected chi connectivity index (χ0v) is 13.6. The Hall–Kier alpha value is -2.03. The van der Waals surface area contributed by atoms with Crippen molar-refractivity contribution in [3.8, 4) is 6.07 Å². The molecule has 22 heavy (non-hydrogen) atoms. The van der Waals surface area contributed by atoms with Gasteiger partial charge in [-0.25, -0.2) is 4.39 Å². The lowest BCUT2D eigenvalue weighted by Gasteiger charge is -2.27. The molecule has 3 nitrogen and oxygen atoms in total. The molecule has 112 valence electrons. The number of nitriles is 1. The van der Waals surface area contributed by atoms with E-state index < -0.39 is 11.4 Å². The molecule has 0 bridgehead atoms. The maximum Gasteiger partial charge on any atom is 0.147 e. The molecule has 0 aliphatic heterocycles. The molecule has 0 saturated carbocycles. The van der Waals surface area contributed by atoms with Crippen molar-refractivity contribution < 1.29 is 9.50 Å². The molecule has 2 rings (SSSR count). The molecule has 0 fully saturated rings. The van der Waals surface area contributed by atoms with Crippen LogP contribution < -0.4 is 0 Å². The molecule has 0 amide bonds. The fraction of sp³-hybridized carbons (Fsp3) is 0.176. The van der Waals surface area contributed by atoms with Gasteiger partial charge in [0.2, 0.25) is 0 Å². The van der Waals surface area contributed by atoms with Crippen molar-refractivity contribution in [3.05, 3.63) is 75.8 Å². The number of aromatic nitrogens is 1. The minimum Gasteiger partial charge on any atom is -0.381 e. The van der Waals surface area contributed by atoms with Crippen LogP contribution in [0.4, 0.5) is 4.39 Å². The van der Waals surface area contributed by atoms with Crippen molar-refractivity contribution in [1.82, 2.24) is 4.98 Å². The van der Waals surface area contributed by atoms with Gasteiger partial charge in [0.05, 0.1) is 5.56 Å². The molecule has 0 radical (unpaired) electrons. The van der Waals surface area contributed by atoms with Crippen LogP contribution >= 0.6 is 15.9 Å². The summed E-state index contributed by atoms with van der Waals surface area (Å²) >= 11 is 3.39. The van der Waals surface area contributed by atoms with Crippen molar-refractivity contribution >= 4 is 15.9 Å². The monoisotopic (exact) mass is 360 g/mol. The van der Waals surface area contributed by atoms with E-state index in [0.717, 1.165) is 5.56 Å². The highest BCUT2D eigenvalue weighted by atomic mass is 79.9. The number of nitrogens with zero attached hydrogens (tertiary/aromatic N) is 2. The minimum atomic E-state index is -1.62.